The second-order valence-corrected chi connectivity index (χ2v) is 8.07. The Morgan fingerprint density at radius 3 is 2.71 bits per heavy atom. The molecule has 1 aromatic carbocycles. The summed E-state index contributed by atoms with van der Waals surface area (Å²) in [5.41, 5.74) is 2.56. The molecule has 0 radical (unpaired) electrons. The Balaban J connectivity index is 1.37. The quantitative estimate of drug-likeness (QED) is 0.723. The summed E-state index contributed by atoms with van der Waals surface area (Å²) in [6.07, 6.45) is 3.19. The summed E-state index contributed by atoms with van der Waals surface area (Å²) in [6.45, 7) is 4.66. The summed E-state index contributed by atoms with van der Waals surface area (Å²) < 4.78 is 2.46. The van der Waals surface area contributed by atoms with E-state index in [1.165, 1.54) is 35.0 Å². The molecule has 0 spiro atoms. The number of thiophene rings is 1. The molecule has 3 nitrogen and oxygen atoms in total. The fraction of sp³-hybridized carbons (Fsp3) is 0.350. The maximum atomic E-state index is 4.74. The van der Waals surface area contributed by atoms with E-state index in [9.17, 15) is 0 Å². The lowest BCUT2D eigenvalue weighted by molar-refractivity contribution is 0.308. The van der Waals surface area contributed by atoms with Gasteiger partial charge in [-0.1, -0.05) is 36.4 Å². The van der Waals surface area contributed by atoms with Gasteiger partial charge in [-0.05, 0) is 28.8 Å². The third-order valence-corrected chi connectivity index (χ3v) is 6.34. The predicted molar refractivity (Wildman–Crippen MR) is 97.9 cm³/mol. The SMILES string of the molecule is c1ccc(-c2cnc3n2CC2CN(Cc4cccs4)CC2C3)cc1. The molecular formula is C20H21N3S. The zero-order valence-electron chi connectivity index (χ0n) is 13.6. The molecule has 2 aliphatic heterocycles. The van der Waals surface area contributed by atoms with Crippen molar-refractivity contribution in [2.24, 2.45) is 11.8 Å². The van der Waals surface area contributed by atoms with Gasteiger partial charge in [0.2, 0.25) is 0 Å². The monoisotopic (exact) mass is 335 g/mol. The average molecular weight is 335 g/mol. The van der Waals surface area contributed by atoms with Crippen LogP contribution in [0.25, 0.3) is 11.3 Å². The van der Waals surface area contributed by atoms with Crippen LogP contribution in [0, 0.1) is 11.8 Å². The summed E-state index contributed by atoms with van der Waals surface area (Å²) in [4.78, 5) is 8.86. The Morgan fingerprint density at radius 1 is 1.00 bits per heavy atom. The Kier molecular flexibility index (Phi) is 3.53. The van der Waals surface area contributed by atoms with Crippen molar-refractivity contribution in [1.29, 1.82) is 0 Å². The molecule has 2 unspecified atom stereocenters. The fourth-order valence-electron chi connectivity index (χ4n) is 4.32. The molecule has 2 atom stereocenters. The summed E-state index contributed by atoms with van der Waals surface area (Å²) >= 11 is 1.87. The molecule has 0 bridgehead atoms. The third-order valence-electron chi connectivity index (χ3n) is 5.48. The smallest absolute Gasteiger partial charge is 0.109 e. The third kappa shape index (κ3) is 2.50. The first-order chi connectivity index (χ1) is 11.9. The molecule has 122 valence electrons. The van der Waals surface area contributed by atoms with E-state index >= 15 is 0 Å². The molecule has 2 aromatic heterocycles. The van der Waals surface area contributed by atoms with Crippen molar-refractivity contribution in [2.45, 2.75) is 19.5 Å². The van der Waals surface area contributed by atoms with Gasteiger partial charge >= 0.3 is 0 Å². The molecule has 24 heavy (non-hydrogen) atoms. The Morgan fingerprint density at radius 2 is 1.88 bits per heavy atom. The van der Waals surface area contributed by atoms with Crippen molar-refractivity contribution in [3.05, 3.63) is 64.7 Å². The van der Waals surface area contributed by atoms with E-state index in [0.29, 0.717) is 0 Å². The van der Waals surface area contributed by atoms with Crippen LogP contribution in [0.1, 0.15) is 10.7 Å². The van der Waals surface area contributed by atoms with Crippen LogP contribution in [0.5, 0.6) is 0 Å². The predicted octanol–water partition coefficient (Wildman–Crippen LogP) is 3.92. The first-order valence-corrected chi connectivity index (χ1v) is 9.59. The van der Waals surface area contributed by atoms with Crippen molar-refractivity contribution in [1.82, 2.24) is 14.5 Å². The molecule has 0 N–H and O–H groups in total. The summed E-state index contributed by atoms with van der Waals surface area (Å²) in [5, 5.41) is 2.18. The van der Waals surface area contributed by atoms with E-state index in [0.717, 1.165) is 31.3 Å². The molecular weight excluding hydrogens is 314 g/mol. The Hall–Kier alpha value is -1.91. The van der Waals surface area contributed by atoms with E-state index in [1.807, 2.05) is 11.3 Å². The lowest BCUT2D eigenvalue weighted by Gasteiger charge is -2.27. The van der Waals surface area contributed by atoms with Crippen LogP contribution in [0.3, 0.4) is 0 Å². The lowest BCUT2D eigenvalue weighted by Crippen LogP contribution is -2.28. The van der Waals surface area contributed by atoms with E-state index in [4.69, 9.17) is 4.98 Å². The molecule has 1 saturated heterocycles. The number of likely N-dealkylation sites (tertiary alicyclic amines) is 1. The van der Waals surface area contributed by atoms with Crippen LogP contribution in [-0.4, -0.2) is 27.5 Å². The maximum absolute atomic E-state index is 4.74. The van der Waals surface area contributed by atoms with Crippen LogP contribution in [0.4, 0.5) is 0 Å². The molecule has 0 saturated carbocycles. The molecule has 1 fully saturated rings. The highest BCUT2D eigenvalue weighted by Crippen LogP contribution is 2.35. The van der Waals surface area contributed by atoms with Crippen LogP contribution in [-0.2, 0) is 19.5 Å². The summed E-state index contributed by atoms with van der Waals surface area (Å²) in [5.74, 6) is 2.80. The van der Waals surface area contributed by atoms with Crippen molar-refractivity contribution in [2.75, 3.05) is 13.1 Å². The molecule has 4 heterocycles. The van der Waals surface area contributed by atoms with E-state index in [-0.39, 0.29) is 0 Å². The van der Waals surface area contributed by atoms with E-state index in [1.54, 1.807) is 0 Å². The van der Waals surface area contributed by atoms with Gasteiger partial charge in [0, 0.05) is 37.5 Å². The molecule has 0 amide bonds. The van der Waals surface area contributed by atoms with Gasteiger partial charge in [0.05, 0.1) is 11.9 Å². The zero-order chi connectivity index (χ0) is 15.9. The fourth-order valence-corrected chi connectivity index (χ4v) is 5.06. The second-order valence-electron chi connectivity index (χ2n) is 7.03. The van der Waals surface area contributed by atoms with Gasteiger partial charge in [0.15, 0.2) is 0 Å². The minimum absolute atomic E-state index is 0.758. The van der Waals surface area contributed by atoms with Crippen LogP contribution < -0.4 is 0 Å². The first kappa shape index (κ1) is 14.4. The van der Waals surface area contributed by atoms with Gasteiger partial charge in [-0.15, -0.1) is 11.3 Å². The van der Waals surface area contributed by atoms with Crippen molar-refractivity contribution in [3.8, 4) is 11.3 Å². The van der Waals surface area contributed by atoms with Gasteiger partial charge in [-0.3, -0.25) is 4.90 Å². The largest absolute Gasteiger partial charge is 0.328 e. The van der Waals surface area contributed by atoms with Gasteiger partial charge in [-0.2, -0.15) is 0 Å². The van der Waals surface area contributed by atoms with Crippen LogP contribution >= 0.6 is 11.3 Å². The van der Waals surface area contributed by atoms with Crippen LogP contribution in [0.15, 0.2) is 54.0 Å². The number of nitrogens with zero attached hydrogens (tertiary/aromatic N) is 3. The second kappa shape index (κ2) is 5.87. The highest BCUT2D eigenvalue weighted by molar-refractivity contribution is 7.09. The van der Waals surface area contributed by atoms with E-state index < -0.39 is 0 Å². The molecule has 4 heteroatoms. The number of imidazole rings is 1. The normalized spacial score (nSPS) is 23.2. The van der Waals surface area contributed by atoms with Crippen molar-refractivity contribution < 1.29 is 0 Å². The highest BCUT2D eigenvalue weighted by atomic mass is 32.1. The van der Waals surface area contributed by atoms with Crippen LogP contribution in [0.2, 0.25) is 0 Å². The molecule has 0 aliphatic carbocycles. The summed E-state index contributed by atoms with van der Waals surface area (Å²) in [6, 6.07) is 15.1. The van der Waals surface area contributed by atoms with Crippen molar-refractivity contribution >= 4 is 11.3 Å². The minimum atomic E-state index is 0.758. The number of rotatable bonds is 3. The standard InChI is InChI=1S/C20H21N3S/c1-2-5-15(6-3-1)19-10-21-20-9-16-11-22(12-17(16)13-23(19)20)14-18-7-4-8-24-18/h1-8,10,16-17H,9,11-14H2. The Labute approximate surface area is 146 Å². The molecule has 3 aromatic rings. The number of hydrogen-bond donors (Lipinski definition) is 0. The van der Waals surface area contributed by atoms with Crippen molar-refractivity contribution in [3.63, 3.8) is 0 Å². The molecule has 2 aliphatic rings. The van der Waals surface area contributed by atoms with E-state index in [2.05, 4.69) is 63.5 Å². The zero-order valence-corrected chi connectivity index (χ0v) is 14.5. The number of aromatic nitrogens is 2. The summed E-state index contributed by atoms with van der Waals surface area (Å²) in [7, 11) is 0. The average Bonchev–Trinajstić information content (AvgIpc) is 3.32. The highest BCUT2D eigenvalue weighted by Gasteiger charge is 2.37. The maximum Gasteiger partial charge on any atom is 0.109 e. The van der Waals surface area contributed by atoms with Gasteiger partial charge in [-0.25, -0.2) is 4.98 Å². The van der Waals surface area contributed by atoms with Gasteiger partial charge in [0.1, 0.15) is 5.82 Å². The van der Waals surface area contributed by atoms with Gasteiger partial charge < -0.3 is 4.57 Å². The topological polar surface area (TPSA) is 21.1 Å². The number of fused-ring (bicyclic) bond motifs is 2. The minimum Gasteiger partial charge on any atom is -0.328 e. The van der Waals surface area contributed by atoms with Gasteiger partial charge in [0.25, 0.3) is 0 Å². The number of benzene rings is 1. The molecule has 5 rings (SSSR count). The Bertz CT molecular complexity index is 822. The first-order valence-electron chi connectivity index (χ1n) is 8.71. The number of hydrogen-bond acceptors (Lipinski definition) is 3. The lowest BCUT2D eigenvalue weighted by atomic mass is 9.89.